The maximum Gasteiger partial charge on any atom is 0.233 e. The summed E-state index contributed by atoms with van der Waals surface area (Å²) in [6.45, 7) is 0.565. The number of nitrogens with one attached hydrogen (secondary N) is 1. The lowest BCUT2D eigenvalue weighted by Crippen LogP contribution is -2.30. The summed E-state index contributed by atoms with van der Waals surface area (Å²) < 4.78 is 15.1. The first-order chi connectivity index (χ1) is 15.6. The number of carbonyl (C=O) groups is 1. The highest BCUT2D eigenvalue weighted by molar-refractivity contribution is 8.00. The quantitative estimate of drug-likeness (QED) is 0.455. The number of aromatic hydroxyl groups is 1. The molecule has 1 fully saturated rings. The molecule has 0 aliphatic carbocycles. The molecule has 4 aromatic rings. The minimum Gasteiger partial charge on any atom is -0.508 e. The molecule has 1 saturated heterocycles. The van der Waals surface area contributed by atoms with Crippen LogP contribution in [0.3, 0.4) is 0 Å². The third-order valence-electron chi connectivity index (χ3n) is 5.52. The topological polar surface area (TPSA) is 74.2 Å². The SMILES string of the molecule is O=C1CSC(c2cn(-c3ccc(F)cc3)nc2-c2cc[nH]c2)N1CCc1ccc(O)cc1. The van der Waals surface area contributed by atoms with Crippen molar-refractivity contribution in [1.82, 2.24) is 19.7 Å². The van der Waals surface area contributed by atoms with Gasteiger partial charge in [-0.3, -0.25) is 4.79 Å². The van der Waals surface area contributed by atoms with Gasteiger partial charge in [-0.1, -0.05) is 12.1 Å². The monoisotopic (exact) mass is 448 g/mol. The molecule has 0 radical (unpaired) electrons. The number of carbonyl (C=O) groups excluding carboxylic acids is 1. The lowest BCUT2D eigenvalue weighted by molar-refractivity contribution is -0.128. The van der Waals surface area contributed by atoms with Crippen molar-refractivity contribution in [2.45, 2.75) is 11.8 Å². The van der Waals surface area contributed by atoms with E-state index in [4.69, 9.17) is 5.10 Å². The number of hydrogen-bond donors (Lipinski definition) is 2. The Bertz CT molecular complexity index is 1220. The summed E-state index contributed by atoms with van der Waals surface area (Å²) in [7, 11) is 0. The summed E-state index contributed by atoms with van der Waals surface area (Å²) in [5.41, 5.74) is 4.46. The van der Waals surface area contributed by atoms with Gasteiger partial charge in [-0.05, 0) is 54.4 Å². The minimum atomic E-state index is -0.302. The summed E-state index contributed by atoms with van der Waals surface area (Å²) >= 11 is 1.58. The second-order valence-electron chi connectivity index (χ2n) is 7.62. The molecule has 6 nitrogen and oxygen atoms in total. The Morgan fingerprint density at radius 1 is 1.12 bits per heavy atom. The maximum atomic E-state index is 13.4. The molecule has 0 spiro atoms. The average Bonchev–Trinajstić information content (AvgIpc) is 3.53. The fraction of sp³-hybridized carbons (Fsp3) is 0.167. The van der Waals surface area contributed by atoms with Crippen LogP contribution in [0.1, 0.15) is 16.5 Å². The van der Waals surface area contributed by atoms with Crippen molar-refractivity contribution in [3.05, 3.63) is 90.1 Å². The molecule has 2 N–H and O–H groups in total. The molecule has 1 aliphatic heterocycles. The van der Waals surface area contributed by atoms with Gasteiger partial charge in [-0.15, -0.1) is 11.8 Å². The number of phenols is 1. The molecular weight excluding hydrogens is 427 g/mol. The fourth-order valence-corrected chi connectivity index (χ4v) is 5.08. The van der Waals surface area contributed by atoms with Crippen LogP contribution in [0, 0.1) is 5.82 Å². The number of hydrogen-bond acceptors (Lipinski definition) is 4. The van der Waals surface area contributed by atoms with Crippen molar-refractivity contribution < 1.29 is 14.3 Å². The lowest BCUT2D eigenvalue weighted by atomic mass is 10.1. The van der Waals surface area contributed by atoms with Gasteiger partial charge in [-0.25, -0.2) is 9.07 Å². The molecule has 3 heterocycles. The van der Waals surface area contributed by atoms with Crippen molar-refractivity contribution >= 4 is 17.7 Å². The molecule has 2 aromatic carbocycles. The van der Waals surface area contributed by atoms with Crippen LogP contribution in [-0.4, -0.2) is 43.0 Å². The van der Waals surface area contributed by atoms with Crippen molar-refractivity contribution in [2.75, 3.05) is 12.3 Å². The summed E-state index contributed by atoms with van der Waals surface area (Å²) in [5, 5.41) is 14.1. The second-order valence-corrected chi connectivity index (χ2v) is 8.69. The Balaban J connectivity index is 1.48. The lowest BCUT2D eigenvalue weighted by Gasteiger charge is -2.24. The zero-order valence-electron chi connectivity index (χ0n) is 17.1. The van der Waals surface area contributed by atoms with E-state index < -0.39 is 0 Å². The molecule has 1 amide bonds. The molecule has 1 unspecified atom stereocenters. The van der Waals surface area contributed by atoms with Gasteiger partial charge in [0.25, 0.3) is 0 Å². The number of nitrogens with zero attached hydrogens (tertiary/aromatic N) is 3. The van der Waals surface area contributed by atoms with E-state index >= 15 is 0 Å². The van der Waals surface area contributed by atoms with Crippen molar-refractivity contribution in [2.24, 2.45) is 0 Å². The van der Waals surface area contributed by atoms with Crippen LogP contribution in [0.15, 0.2) is 73.2 Å². The van der Waals surface area contributed by atoms with Crippen LogP contribution in [0.4, 0.5) is 4.39 Å². The van der Waals surface area contributed by atoms with Gasteiger partial charge in [-0.2, -0.15) is 5.10 Å². The van der Waals surface area contributed by atoms with Crippen LogP contribution in [0.25, 0.3) is 16.9 Å². The van der Waals surface area contributed by atoms with Gasteiger partial charge in [0.15, 0.2) is 0 Å². The van der Waals surface area contributed by atoms with Crippen LogP contribution in [-0.2, 0) is 11.2 Å². The third-order valence-corrected chi connectivity index (χ3v) is 6.75. The largest absolute Gasteiger partial charge is 0.508 e. The van der Waals surface area contributed by atoms with Crippen LogP contribution in [0.2, 0.25) is 0 Å². The van der Waals surface area contributed by atoms with Gasteiger partial charge in [0.05, 0.1) is 11.4 Å². The first-order valence-corrected chi connectivity index (χ1v) is 11.3. The van der Waals surface area contributed by atoms with Crippen LogP contribution in [0.5, 0.6) is 5.75 Å². The van der Waals surface area contributed by atoms with E-state index in [-0.39, 0.29) is 22.8 Å². The predicted molar refractivity (Wildman–Crippen MR) is 122 cm³/mol. The molecule has 0 saturated carbocycles. The van der Waals surface area contributed by atoms with Crippen LogP contribution < -0.4 is 0 Å². The number of aromatic nitrogens is 3. The highest BCUT2D eigenvalue weighted by atomic mass is 32.2. The smallest absolute Gasteiger partial charge is 0.233 e. The number of amides is 1. The van der Waals surface area contributed by atoms with E-state index in [1.165, 1.54) is 12.1 Å². The minimum absolute atomic E-state index is 0.0910. The van der Waals surface area contributed by atoms with Gasteiger partial charge < -0.3 is 15.0 Å². The normalized spacial score (nSPS) is 16.1. The number of phenolic OH excluding ortho intramolecular Hbond substituents is 1. The fourth-order valence-electron chi connectivity index (χ4n) is 3.86. The molecule has 0 bridgehead atoms. The number of aromatic amines is 1. The summed E-state index contributed by atoms with van der Waals surface area (Å²) in [5.74, 6) is 0.426. The Morgan fingerprint density at radius 3 is 2.62 bits per heavy atom. The van der Waals surface area contributed by atoms with E-state index in [9.17, 15) is 14.3 Å². The molecule has 1 atom stereocenters. The second kappa shape index (κ2) is 8.55. The number of rotatable bonds is 6. The summed E-state index contributed by atoms with van der Waals surface area (Å²) in [4.78, 5) is 17.7. The van der Waals surface area contributed by atoms with E-state index in [0.29, 0.717) is 18.7 Å². The number of benzene rings is 2. The third kappa shape index (κ3) is 4.01. The van der Waals surface area contributed by atoms with Crippen molar-refractivity contribution in [3.63, 3.8) is 0 Å². The highest BCUT2D eigenvalue weighted by Gasteiger charge is 2.35. The summed E-state index contributed by atoms with van der Waals surface area (Å²) in [6, 6.07) is 15.2. The standard InChI is InChI=1S/C24H21FN4O2S/c25-18-3-5-19(6-4-18)29-14-21(23(27-29)17-9-11-26-13-17)24-28(22(31)15-32-24)12-10-16-1-7-20(30)8-2-16/h1-9,11,13-14,24,26,30H,10,12,15H2. The Kier molecular flexibility index (Phi) is 5.45. The maximum absolute atomic E-state index is 13.4. The Morgan fingerprint density at radius 2 is 1.91 bits per heavy atom. The number of halogens is 1. The predicted octanol–water partition coefficient (Wildman–Crippen LogP) is 4.53. The van der Waals surface area contributed by atoms with Gasteiger partial charge in [0.2, 0.25) is 5.91 Å². The van der Waals surface area contributed by atoms with E-state index in [0.717, 1.165) is 28.1 Å². The van der Waals surface area contributed by atoms with Gasteiger partial charge in [0, 0.05) is 36.3 Å². The molecule has 2 aromatic heterocycles. The van der Waals surface area contributed by atoms with E-state index in [2.05, 4.69) is 4.98 Å². The Labute approximate surface area is 188 Å². The van der Waals surface area contributed by atoms with E-state index in [1.54, 1.807) is 40.7 Å². The zero-order valence-corrected chi connectivity index (χ0v) is 17.9. The van der Waals surface area contributed by atoms with E-state index in [1.807, 2.05) is 41.7 Å². The van der Waals surface area contributed by atoms with Crippen molar-refractivity contribution in [1.29, 1.82) is 0 Å². The zero-order chi connectivity index (χ0) is 22.1. The molecular formula is C24H21FN4O2S. The number of H-pyrrole nitrogens is 1. The van der Waals surface area contributed by atoms with Crippen LogP contribution >= 0.6 is 11.8 Å². The number of thioether (sulfide) groups is 1. The van der Waals surface area contributed by atoms with Gasteiger partial charge >= 0.3 is 0 Å². The molecule has 8 heteroatoms. The Hall–Kier alpha value is -3.52. The molecule has 32 heavy (non-hydrogen) atoms. The van der Waals surface area contributed by atoms with Gasteiger partial charge in [0.1, 0.15) is 22.6 Å². The highest BCUT2D eigenvalue weighted by Crippen LogP contribution is 2.42. The molecule has 5 rings (SSSR count). The first-order valence-electron chi connectivity index (χ1n) is 10.3. The molecule has 162 valence electrons. The molecule has 1 aliphatic rings. The first kappa shape index (κ1) is 20.4. The average molecular weight is 449 g/mol. The summed E-state index contributed by atoms with van der Waals surface area (Å²) in [6.07, 6.45) is 6.34. The van der Waals surface area contributed by atoms with Crippen molar-refractivity contribution in [3.8, 4) is 22.7 Å².